The van der Waals surface area contributed by atoms with Gasteiger partial charge in [-0.3, -0.25) is 4.79 Å². The first-order valence-corrected chi connectivity index (χ1v) is 5.38. The van der Waals surface area contributed by atoms with Crippen LogP contribution in [0.4, 0.5) is 0 Å². The normalized spacial score (nSPS) is 19.7. The summed E-state index contributed by atoms with van der Waals surface area (Å²) in [6.07, 6.45) is 6.48. The average Bonchev–Trinajstić information content (AvgIpc) is 2.64. The molecular weight excluding hydrogens is 188 g/mol. The molecule has 1 aromatic rings. The average molecular weight is 204 g/mol. The molecular formula is C13H16O2. The van der Waals surface area contributed by atoms with Gasteiger partial charge in [-0.25, -0.2) is 0 Å². The van der Waals surface area contributed by atoms with E-state index in [-0.39, 0.29) is 5.41 Å². The largest absolute Gasteiger partial charge is 0.454 e. The number of carbonyl (C=O) groups excluding carboxylic acids is 1. The van der Waals surface area contributed by atoms with E-state index in [9.17, 15) is 4.79 Å². The van der Waals surface area contributed by atoms with Crippen molar-refractivity contribution in [1.29, 1.82) is 0 Å². The van der Waals surface area contributed by atoms with E-state index >= 15 is 0 Å². The molecule has 2 rings (SSSR count). The predicted molar refractivity (Wildman–Crippen MR) is 59.7 cm³/mol. The highest BCUT2D eigenvalue weighted by atomic mass is 16.3. The SMILES string of the molecule is CC1(C)C=C(c2ccc(C=O)o2)CCC1. The molecule has 0 amide bonds. The lowest BCUT2D eigenvalue weighted by Gasteiger charge is -2.26. The summed E-state index contributed by atoms with van der Waals surface area (Å²) >= 11 is 0. The van der Waals surface area contributed by atoms with Crippen molar-refractivity contribution in [1.82, 2.24) is 0 Å². The molecule has 0 atom stereocenters. The summed E-state index contributed by atoms with van der Waals surface area (Å²) in [5.41, 5.74) is 1.49. The first-order chi connectivity index (χ1) is 7.11. The van der Waals surface area contributed by atoms with E-state index in [1.807, 2.05) is 6.07 Å². The quantitative estimate of drug-likeness (QED) is 0.688. The van der Waals surface area contributed by atoms with Gasteiger partial charge in [0.2, 0.25) is 0 Å². The number of hydrogen-bond donors (Lipinski definition) is 0. The Labute approximate surface area is 90.0 Å². The van der Waals surface area contributed by atoms with Crippen LogP contribution in [0.2, 0.25) is 0 Å². The summed E-state index contributed by atoms with van der Waals surface area (Å²) in [5, 5.41) is 0. The monoisotopic (exact) mass is 204 g/mol. The van der Waals surface area contributed by atoms with E-state index < -0.39 is 0 Å². The summed E-state index contributed by atoms with van der Waals surface area (Å²) in [6, 6.07) is 3.61. The van der Waals surface area contributed by atoms with Gasteiger partial charge in [0.25, 0.3) is 0 Å². The van der Waals surface area contributed by atoms with Crippen molar-refractivity contribution in [2.24, 2.45) is 5.41 Å². The number of furan rings is 1. The maximum Gasteiger partial charge on any atom is 0.185 e. The van der Waals surface area contributed by atoms with Crippen molar-refractivity contribution in [3.63, 3.8) is 0 Å². The molecule has 0 saturated carbocycles. The Morgan fingerprint density at radius 1 is 1.40 bits per heavy atom. The first kappa shape index (κ1) is 10.2. The Bertz CT molecular complexity index is 396. The molecule has 15 heavy (non-hydrogen) atoms. The third-order valence-electron chi connectivity index (χ3n) is 2.89. The van der Waals surface area contributed by atoms with Crippen molar-refractivity contribution in [3.8, 4) is 0 Å². The number of allylic oxidation sites excluding steroid dienone is 2. The fourth-order valence-corrected chi connectivity index (χ4v) is 2.13. The number of aldehydes is 1. The zero-order valence-corrected chi connectivity index (χ0v) is 9.25. The van der Waals surface area contributed by atoms with Crippen LogP contribution in [0.5, 0.6) is 0 Å². The van der Waals surface area contributed by atoms with Crippen LogP contribution in [0, 0.1) is 5.41 Å². The first-order valence-electron chi connectivity index (χ1n) is 5.38. The summed E-state index contributed by atoms with van der Waals surface area (Å²) in [4.78, 5) is 10.5. The molecule has 1 aliphatic rings. The molecule has 1 aromatic heterocycles. The molecule has 1 heterocycles. The summed E-state index contributed by atoms with van der Waals surface area (Å²) in [5.74, 6) is 1.26. The molecule has 0 saturated heterocycles. The second-order valence-electron chi connectivity index (χ2n) is 4.83. The van der Waals surface area contributed by atoms with Crippen LogP contribution in [0.3, 0.4) is 0 Å². The highest BCUT2D eigenvalue weighted by Crippen LogP contribution is 2.37. The van der Waals surface area contributed by atoms with E-state index in [1.165, 1.54) is 18.4 Å². The molecule has 0 unspecified atom stereocenters. The molecule has 0 N–H and O–H groups in total. The van der Waals surface area contributed by atoms with Gasteiger partial charge in [-0.05, 0) is 42.4 Å². The van der Waals surface area contributed by atoms with Gasteiger partial charge < -0.3 is 4.42 Å². The minimum absolute atomic E-state index is 0.252. The lowest BCUT2D eigenvalue weighted by Crippen LogP contribution is -2.12. The van der Waals surface area contributed by atoms with Crippen LogP contribution in [0.1, 0.15) is 49.4 Å². The maximum atomic E-state index is 10.5. The van der Waals surface area contributed by atoms with E-state index in [2.05, 4.69) is 19.9 Å². The van der Waals surface area contributed by atoms with Gasteiger partial charge in [-0.2, -0.15) is 0 Å². The Morgan fingerprint density at radius 2 is 2.20 bits per heavy atom. The van der Waals surface area contributed by atoms with Gasteiger partial charge in [0, 0.05) is 0 Å². The van der Waals surface area contributed by atoms with Crippen molar-refractivity contribution < 1.29 is 9.21 Å². The van der Waals surface area contributed by atoms with Crippen molar-refractivity contribution >= 4 is 11.9 Å². The van der Waals surface area contributed by atoms with Crippen LogP contribution in [0.25, 0.3) is 5.57 Å². The number of hydrogen-bond acceptors (Lipinski definition) is 2. The van der Waals surface area contributed by atoms with Crippen molar-refractivity contribution in [3.05, 3.63) is 29.7 Å². The molecule has 0 fully saturated rings. The molecule has 0 spiro atoms. The molecule has 0 aliphatic heterocycles. The Hall–Kier alpha value is -1.31. The van der Waals surface area contributed by atoms with Crippen LogP contribution >= 0.6 is 0 Å². The Morgan fingerprint density at radius 3 is 2.80 bits per heavy atom. The zero-order valence-electron chi connectivity index (χ0n) is 9.25. The van der Waals surface area contributed by atoms with Gasteiger partial charge in [-0.1, -0.05) is 19.9 Å². The van der Waals surface area contributed by atoms with Gasteiger partial charge in [0.05, 0.1) is 0 Å². The molecule has 0 radical (unpaired) electrons. The molecule has 0 aromatic carbocycles. The van der Waals surface area contributed by atoms with E-state index in [0.29, 0.717) is 5.76 Å². The topological polar surface area (TPSA) is 30.2 Å². The minimum Gasteiger partial charge on any atom is -0.454 e. The van der Waals surface area contributed by atoms with Crippen LogP contribution in [0.15, 0.2) is 22.6 Å². The van der Waals surface area contributed by atoms with Crippen molar-refractivity contribution in [2.45, 2.75) is 33.1 Å². The van der Waals surface area contributed by atoms with E-state index in [1.54, 1.807) is 6.07 Å². The van der Waals surface area contributed by atoms with E-state index in [0.717, 1.165) is 18.5 Å². The minimum atomic E-state index is 0.252. The second kappa shape index (κ2) is 3.69. The Kier molecular flexibility index (Phi) is 2.51. The number of rotatable bonds is 2. The van der Waals surface area contributed by atoms with Crippen LogP contribution in [-0.4, -0.2) is 6.29 Å². The standard InChI is InChI=1S/C13H16O2/c1-13(2)7-3-4-10(8-13)12-6-5-11(9-14)15-12/h5-6,8-9H,3-4,7H2,1-2H3. The van der Waals surface area contributed by atoms with Crippen molar-refractivity contribution in [2.75, 3.05) is 0 Å². The van der Waals surface area contributed by atoms with Gasteiger partial charge in [0.1, 0.15) is 5.76 Å². The molecule has 2 nitrogen and oxygen atoms in total. The highest BCUT2D eigenvalue weighted by molar-refractivity contribution is 5.73. The van der Waals surface area contributed by atoms with Crippen LogP contribution in [-0.2, 0) is 0 Å². The summed E-state index contributed by atoms with van der Waals surface area (Å²) < 4.78 is 5.43. The third-order valence-corrected chi connectivity index (χ3v) is 2.89. The summed E-state index contributed by atoms with van der Waals surface area (Å²) in [6.45, 7) is 4.46. The molecule has 1 aliphatic carbocycles. The lowest BCUT2D eigenvalue weighted by atomic mass is 9.79. The molecule has 0 bridgehead atoms. The van der Waals surface area contributed by atoms with Crippen LogP contribution < -0.4 is 0 Å². The van der Waals surface area contributed by atoms with Gasteiger partial charge in [-0.15, -0.1) is 0 Å². The fourth-order valence-electron chi connectivity index (χ4n) is 2.13. The molecule has 80 valence electrons. The Balaban J connectivity index is 2.30. The van der Waals surface area contributed by atoms with E-state index in [4.69, 9.17) is 4.42 Å². The highest BCUT2D eigenvalue weighted by Gasteiger charge is 2.22. The number of carbonyl (C=O) groups is 1. The lowest BCUT2D eigenvalue weighted by molar-refractivity contribution is 0.110. The zero-order chi connectivity index (χ0) is 10.9. The van der Waals surface area contributed by atoms with Gasteiger partial charge >= 0.3 is 0 Å². The third kappa shape index (κ3) is 2.20. The fraction of sp³-hybridized carbons (Fsp3) is 0.462. The van der Waals surface area contributed by atoms with Gasteiger partial charge in [0.15, 0.2) is 12.0 Å². The predicted octanol–water partition coefficient (Wildman–Crippen LogP) is 3.69. The maximum absolute atomic E-state index is 10.5. The summed E-state index contributed by atoms with van der Waals surface area (Å²) in [7, 11) is 0. The smallest absolute Gasteiger partial charge is 0.185 e. The molecule has 2 heteroatoms. The second-order valence-corrected chi connectivity index (χ2v) is 4.83.